The van der Waals surface area contributed by atoms with Crippen LogP contribution < -0.4 is 0 Å². The fourth-order valence-electron chi connectivity index (χ4n) is 14.5. The van der Waals surface area contributed by atoms with E-state index >= 15 is 0 Å². The second kappa shape index (κ2) is 35.9. The highest BCUT2D eigenvalue weighted by atomic mass is 28.5. The van der Waals surface area contributed by atoms with E-state index in [1.54, 1.807) is 12.2 Å². The molecule has 31 heteroatoms. The topological polar surface area (TPSA) is 173 Å². The standard InChI is InChI=1S/C62H138O17Si14/c1-27-39-53(63)65-45-37-51-92(59(41-29-33-47-67-59)80-55(71-84(3,4)5)72-85(6,7)8,60(42-30-34-48-68-60)81-56(73-86(9,10)11)74-87(12,13)14)79-93(52-38-46-66-54(64)40-28-2,61(43-31-35-49-69-61)82-57(75-88(15,16)17)76-89(18,19)20)62(44-32-36-50-70-62)83-58(77-90(21,22)23)78-91(24,25)26/h27-28,39-40,55-58H,29-38,41-52,80-83H2,1-26H3. The van der Waals surface area contributed by atoms with E-state index in [1.807, 2.05) is 13.8 Å². The first-order valence-electron chi connectivity index (χ1n) is 35.9. The molecule has 0 spiro atoms. The van der Waals surface area contributed by atoms with Crippen molar-refractivity contribution in [1.29, 1.82) is 0 Å². The van der Waals surface area contributed by atoms with Crippen molar-refractivity contribution in [1.82, 2.24) is 0 Å². The fourth-order valence-corrected chi connectivity index (χ4v) is 73.2. The lowest BCUT2D eigenvalue weighted by Gasteiger charge is -2.68. The lowest BCUT2D eigenvalue weighted by Crippen LogP contribution is -2.90. The Hall–Kier alpha value is 0.936. The highest BCUT2D eigenvalue weighted by molar-refractivity contribution is 7.04. The molecule has 4 heterocycles. The number of carbonyl (C=O) groups excluding carboxylic acids is 2. The summed E-state index contributed by atoms with van der Waals surface area (Å²) >= 11 is 0. The maximum absolute atomic E-state index is 13.8. The summed E-state index contributed by atoms with van der Waals surface area (Å²) in [5.74, 6) is -2.73. The first-order valence-corrected chi connectivity index (χ1v) is 73.5. The minimum Gasteiger partial charge on any atom is -0.463 e. The lowest BCUT2D eigenvalue weighted by molar-refractivity contribution is -0.138. The molecule has 4 rings (SSSR count). The Balaban J connectivity index is 2.60. The van der Waals surface area contributed by atoms with Gasteiger partial charge in [-0.1, -0.05) is 12.2 Å². The molecule has 0 aromatic carbocycles. The second-order valence-electron chi connectivity index (χ2n) is 34.9. The largest absolute Gasteiger partial charge is 0.463 e. The molecule has 0 amide bonds. The summed E-state index contributed by atoms with van der Waals surface area (Å²) in [5, 5.41) is 0. The van der Waals surface area contributed by atoms with Crippen molar-refractivity contribution in [3.8, 4) is 0 Å². The van der Waals surface area contributed by atoms with Gasteiger partial charge in [-0.15, -0.1) is 0 Å². The maximum Gasteiger partial charge on any atom is 0.330 e. The molecule has 4 fully saturated rings. The van der Waals surface area contributed by atoms with Gasteiger partial charge in [-0.3, -0.25) is 0 Å². The molecule has 4 atom stereocenters. The number of hydrogen-bond donors (Lipinski definition) is 0. The van der Waals surface area contributed by atoms with Gasteiger partial charge >= 0.3 is 11.9 Å². The van der Waals surface area contributed by atoms with Crippen molar-refractivity contribution in [2.45, 2.75) is 316 Å². The molecule has 0 aromatic rings. The fraction of sp³-hybridized carbons (Fsp3) is 0.903. The smallest absolute Gasteiger partial charge is 0.330 e. The summed E-state index contributed by atoms with van der Waals surface area (Å²) in [7, 11) is -34.1. The summed E-state index contributed by atoms with van der Waals surface area (Å²) in [6.07, 6.45) is 17.7. The second-order valence-corrected chi connectivity index (χ2v) is 91.0. The minimum absolute atomic E-state index is 0.172. The Bertz CT molecular complexity index is 1970. The van der Waals surface area contributed by atoms with E-state index in [-0.39, 0.29) is 25.2 Å². The van der Waals surface area contributed by atoms with Crippen LogP contribution >= 0.6 is 0 Å². The number of rotatable bonds is 40. The van der Waals surface area contributed by atoms with Gasteiger partial charge in [0.15, 0.2) is 66.5 Å². The van der Waals surface area contributed by atoms with Crippen LogP contribution in [0.1, 0.15) is 104 Å². The van der Waals surface area contributed by atoms with E-state index in [0.717, 1.165) is 77.0 Å². The third kappa shape index (κ3) is 28.3. The summed E-state index contributed by atoms with van der Waals surface area (Å²) in [4.78, 5) is 24.0. The van der Waals surface area contributed by atoms with Gasteiger partial charge in [0.05, 0.1) is 32.6 Å². The summed E-state index contributed by atoms with van der Waals surface area (Å²) < 4.78 is 117. The van der Waals surface area contributed by atoms with E-state index in [1.165, 1.54) is 12.2 Å². The molecular weight excluding hydrogens is 1410 g/mol. The van der Waals surface area contributed by atoms with E-state index in [9.17, 15) is 13.7 Å². The SMILES string of the molecule is CC=CC(=O)OCCC[Si](O[Si](CCCOC(=O)C=CC)(C1([SiH2]C(O[Si](C)(C)C)O[Si](C)(C)C)CCCCO1)C1([SiH2]C(O[Si](C)(C)C)O[Si](C)(C)C)CCCCO1)(C1([SiH2]C(O[Si](C)(C)C)O[Si](C)(C)C)CCCCO1)C1([SiH2]C(O[Si](C)(C)C)O[Si](C)(C)C)CCCCO1. The van der Waals surface area contributed by atoms with Gasteiger partial charge < -0.3 is 67.9 Å². The van der Waals surface area contributed by atoms with Crippen LogP contribution in [0.3, 0.4) is 0 Å². The van der Waals surface area contributed by atoms with Crippen LogP contribution in [0.4, 0.5) is 0 Å². The van der Waals surface area contributed by atoms with Crippen molar-refractivity contribution in [3.05, 3.63) is 24.3 Å². The maximum atomic E-state index is 13.8. The molecular formula is C62H138O17Si14. The van der Waals surface area contributed by atoms with Crippen LogP contribution in [-0.2, 0) is 77.5 Å². The van der Waals surface area contributed by atoms with Crippen LogP contribution in [0, 0.1) is 0 Å². The third-order valence-electron chi connectivity index (χ3n) is 17.0. The van der Waals surface area contributed by atoms with Crippen LogP contribution in [0.15, 0.2) is 24.3 Å². The van der Waals surface area contributed by atoms with E-state index < -0.39 is 164 Å². The van der Waals surface area contributed by atoms with Gasteiger partial charge in [0.25, 0.3) is 0 Å². The predicted molar refractivity (Wildman–Crippen MR) is 418 cm³/mol. The van der Waals surface area contributed by atoms with Crippen LogP contribution in [0.5, 0.6) is 0 Å². The summed E-state index contributed by atoms with van der Waals surface area (Å²) in [6, 6.07) is 1.10. The monoisotopic (exact) mass is 1550 g/mol. The van der Waals surface area contributed by atoms with E-state index in [4.69, 9.17) is 63.8 Å². The van der Waals surface area contributed by atoms with Crippen molar-refractivity contribution in [2.75, 3.05) is 39.6 Å². The van der Waals surface area contributed by atoms with Gasteiger partial charge in [-0.05, 0) is 273 Å². The zero-order chi connectivity index (χ0) is 70.3. The molecule has 17 nitrogen and oxygen atoms in total. The molecule has 4 aliphatic rings. The molecule has 0 aromatic heterocycles. The molecule has 0 N–H and O–H groups in total. The van der Waals surface area contributed by atoms with E-state index in [0.29, 0.717) is 51.4 Å². The molecule has 4 aliphatic heterocycles. The Morgan fingerprint density at radius 2 is 0.559 bits per heavy atom. The average molecular weight is 1550 g/mol. The van der Waals surface area contributed by atoms with Gasteiger partial charge in [0.1, 0.15) is 61.7 Å². The number of ether oxygens (including phenoxy) is 6. The Morgan fingerprint density at radius 1 is 0.355 bits per heavy atom. The quantitative estimate of drug-likeness (QED) is 0.0186. The summed E-state index contributed by atoms with van der Waals surface area (Å²) in [6.45, 7) is 61.1. The van der Waals surface area contributed by atoms with Gasteiger partial charge in [0.2, 0.25) is 16.6 Å². The Labute approximate surface area is 586 Å². The predicted octanol–water partition coefficient (Wildman–Crippen LogP) is 12.3. The first kappa shape index (κ1) is 86.3. The normalized spacial score (nSPS) is 25.9. The molecule has 4 saturated heterocycles. The molecule has 0 bridgehead atoms. The number of carbonyl (C=O) groups is 2. The Morgan fingerprint density at radius 3 is 0.720 bits per heavy atom. The highest BCUT2D eigenvalue weighted by Crippen LogP contribution is 2.57. The van der Waals surface area contributed by atoms with Gasteiger partial charge in [0, 0.05) is 38.6 Å². The van der Waals surface area contributed by atoms with Crippen LogP contribution in [-0.4, -0.2) is 216 Å². The van der Waals surface area contributed by atoms with Crippen molar-refractivity contribution in [2.24, 2.45) is 0 Å². The van der Waals surface area contributed by atoms with Gasteiger partial charge in [-0.2, -0.15) is 0 Å². The highest BCUT2D eigenvalue weighted by Gasteiger charge is 2.78. The third-order valence-corrected chi connectivity index (χ3v) is 56.6. The average Bonchev–Trinajstić information content (AvgIpc) is 0.682. The summed E-state index contributed by atoms with van der Waals surface area (Å²) in [5.41, 5.74) is 0. The van der Waals surface area contributed by atoms with Crippen molar-refractivity contribution >= 4 is 133 Å². The van der Waals surface area contributed by atoms with Gasteiger partial charge in [-0.25, -0.2) is 9.59 Å². The van der Waals surface area contributed by atoms with Crippen molar-refractivity contribution in [3.63, 3.8) is 0 Å². The molecule has 0 saturated carbocycles. The zero-order valence-electron chi connectivity index (χ0n) is 63.9. The minimum atomic E-state index is -4.18. The molecule has 0 radical (unpaired) electrons. The van der Waals surface area contributed by atoms with Crippen molar-refractivity contribution < 1.29 is 77.5 Å². The number of allylic oxidation sites excluding steroid dienone is 2. The molecule has 544 valence electrons. The van der Waals surface area contributed by atoms with Crippen LogP contribution in [0.2, 0.25) is 169 Å². The Kier molecular flexibility index (Phi) is 33.3. The molecule has 4 unspecified atom stereocenters. The molecule has 0 aliphatic carbocycles. The number of esters is 2. The first-order chi connectivity index (χ1) is 42.6. The van der Waals surface area contributed by atoms with Crippen LogP contribution in [0.25, 0.3) is 0 Å². The number of hydrogen-bond acceptors (Lipinski definition) is 17. The molecule has 93 heavy (non-hydrogen) atoms. The lowest BCUT2D eigenvalue weighted by atomic mass is 10.2. The zero-order valence-corrected chi connectivity index (χ0v) is 79.6. The van der Waals surface area contributed by atoms with E-state index in [2.05, 4.69) is 157 Å².